The van der Waals surface area contributed by atoms with Gasteiger partial charge in [0, 0.05) is 39.1 Å². The van der Waals surface area contributed by atoms with Crippen LogP contribution < -0.4 is 5.32 Å². The van der Waals surface area contributed by atoms with Crippen LogP contribution in [0.2, 0.25) is 0 Å². The average Bonchev–Trinajstić information content (AvgIpc) is 2.78. The molecule has 118 valence electrons. The van der Waals surface area contributed by atoms with E-state index in [0.29, 0.717) is 12.8 Å². The minimum atomic E-state index is -0.773. The van der Waals surface area contributed by atoms with E-state index in [4.69, 9.17) is 0 Å². The van der Waals surface area contributed by atoms with Crippen LogP contribution in [0.3, 0.4) is 0 Å². The standard InChI is InChI=1S/C15H24FN3O2/c1-18(2)14(21)17-12-7-15(8-12)3-4-19(9-15)13(20)10-5-11(16)6-10/h10-12H,3-9H2,1-2H3,(H,17,21). The first-order chi connectivity index (χ1) is 9.88. The number of halogens is 1. The predicted molar refractivity (Wildman–Crippen MR) is 76.5 cm³/mol. The molecule has 1 aliphatic heterocycles. The van der Waals surface area contributed by atoms with E-state index < -0.39 is 6.17 Å². The van der Waals surface area contributed by atoms with Gasteiger partial charge < -0.3 is 15.1 Å². The van der Waals surface area contributed by atoms with Gasteiger partial charge in [0.2, 0.25) is 5.91 Å². The fourth-order valence-electron chi connectivity index (χ4n) is 3.86. The largest absolute Gasteiger partial charge is 0.342 e. The second-order valence-electron chi connectivity index (χ2n) is 7.22. The normalized spacial score (nSPS) is 37.9. The quantitative estimate of drug-likeness (QED) is 0.837. The maximum absolute atomic E-state index is 12.9. The Labute approximate surface area is 124 Å². The van der Waals surface area contributed by atoms with Crippen LogP contribution in [0.5, 0.6) is 0 Å². The number of nitrogens with zero attached hydrogens (tertiary/aromatic N) is 2. The highest BCUT2D eigenvalue weighted by atomic mass is 19.1. The average molecular weight is 297 g/mol. The number of amides is 3. The Hall–Kier alpha value is -1.33. The minimum absolute atomic E-state index is 0.0516. The first kappa shape index (κ1) is 14.6. The molecule has 6 heteroatoms. The van der Waals surface area contributed by atoms with Crippen LogP contribution in [0, 0.1) is 11.3 Å². The van der Waals surface area contributed by atoms with Crippen molar-refractivity contribution in [1.29, 1.82) is 0 Å². The lowest BCUT2D eigenvalue weighted by atomic mass is 9.65. The highest BCUT2D eigenvalue weighted by Gasteiger charge is 2.51. The van der Waals surface area contributed by atoms with Crippen molar-refractivity contribution in [2.75, 3.05) is 27.2 Å². The molecule has 5 nitrogen and oxygen atoms in total. The highest BCUT2D eigenvalue weighted by molar-refractivity contribution is 5.80. The maximum atomic E-state index is 12.9. The minimum Gasteiger partial charge on any atom is -0.342 e. The lowest BCUT2D eigenvalue weighted by Crippen LogP contribution is -2.54. The van der Waals surface area contributed by atoms with Crippen molar-refractivity contribution in [3.8, 4) is 0 Å². The molecule has 0 radical (unpaired) electrons. The summed E-state index contributed by atoms with van der Waals surface area (Å²) in [6.07, 6.45) is 2.95. The fraction of sp³-hybridized carbons (Fsp3) is 0.867. The zero-order valence-corrected chi connectivity index (χ0v) is 12.8. The molecule has 1 spiro atoms. The van der Waals surface area contributed by atoms with Crippen molar-refractivity contribution in [2.24, 2.45) is 11.3 Å². The van der Waals surface area contributed by atoms with Crippen LogP contribution in [0.1, 0.15) is 32.1 Å². The summed E-state index contributed by atoms with van der Waals surface area (Å²) in [5, 5.41) is 3.00. The monoisotopic (exact) mass is 297 g/mol. The van der Waals surface area contributed by atoms with E-state index in [-0.39, 0.29) is 29.3 Å². The van der Waals surface area contributed by atoms with Crippen LogP contribution in [0.4, 0.5) is 9.18 Å². The van der Waals surface area contributed by atoms with Crippen molar-refractivity contribution in [3.05, 3.63) is 0 Å². The fourth-order valence-corrected chi connectivity index (χ4v) is 3.86. The summed E-state index contributed by atoms with van der Waals surface area (Å²) in [5.41, 5.74) is 0.193. The molecule has 2 saturated carbocycles. The molecule has 0 bridgehead atoms. The Kier molecular flexibility index (Phi) is 3.58. The summed E-state index contributed by atoms with van der Waals surface area (Å²) >= 11 is 0. The lowest BCUT2D eigenvalue weighted by Gasteiger charge is -2.45. The van der Waals surface area contributed by atoms with Crippen molar-refractivity contribution < 1.29 is 14.0 Å². The van der Waals surface area contributed by atoms with Crippen LogP contribution in [-0.2, 0) is 4.79 Å². The number of hydrogen-bond donors (Lipinski definition) is 1. The molecule has 0 aromatic carbocycles. The van der Waals surface area contributed by atoms with Gasteiger partial charge in [-0.05, 0) is 37.5 Å². The summed E-state index contributed by atoms with van der Waals surface area (Å²) in [6, 6.07) is 0.179. The van der Waals surface area contributed by atoms with Crippen molar-refractivity contribution >= 4 is 11.9 Å². The van der Waals surface area contributed by atoms with E-state index in [1.54, 1.807) is 19.0 Å². The number of alkyl halides is 1. The second-order valence-corrected chi connectivity index (χ2v) is 7.22. The van der Waals surface area contributed by atoms with Gasteiger partial charge >= 0.3 is 6.03 Å². The third-order valence-electron chi connectivity index (χ3n) is 5.27. The predicted octanol–water partition coefficient (Wildman–Crippen LogP) is 1.39. The van der Waals surface area contributed by atoms with Gasteiger partial charge in [-0.25, -0.2) is 9.18 Å². The number of rotatable bonds is 2. The van der Waals surface area contributed by atoms with Gasteiger partial charge in [-0.1, -0.05) is 0 Å². The van der Waals surface area contributed by atoms with Crippen molar-refractivity contribution in [3.63, 3.8) is 0 Å². The maximum Gasteiger partial charge on any atom is 0.317 e. The van der Waals surface area contributed by atoms with Crippen LogP contribution in [0.15, 0.2) is 0 Å². The first-order valence-corrected chi connectivity index (χ1v) is 7.79. The van der Waals surface area contributed by atoms with Crippen molar-refractivity contribution in [1.82, 2.24) is 15.1 Å². The Morgan fingerprint density at radius 3 is 2.52 bits per heavy atom. The third kappa shape index (κ3) is 2.72. The Morgan fingerprint density at radius 2 is 1.95 bits per heavy atom. The van der Waals surface area contributed by atoms with E-state index in [1.165, 1.54) is 0 Å². The molecule has 3 fully saturated rings. The Balaban J connectivity index is 1.46. The van der Waals surface area contributed by atoms with Gasteiger partial charge in [-0.15, -0.1) is 0 Å². The number of likely N-dealkylation sites (tertiary alicyclic amines) is 1. The van der Waals surface area contributed by atoms with E-state index >= 15 is 0 Å². The van der Waals surface area contributed by atoms with Gasteiger partial charge in [0.25, 0.3) is 0 Å². The molecule has 1 N–H and O–H groups in total. The Morgan fingerprint density at radius 1 is 1.29 bits per heavy atom. The second kappa shape index (κ2) is 5.14. The van der Waals surface area contributed by atoms with E-state index in [1.807, 2.05) is 4.90 Å². The molecule has 1 saturated heterocycles. The molecule has 0 aromatic rings. The van der Waals surface area contributed by atoms with Gasteiger partial charge in [-0.3, -0.25) is 4.79 Å². The zero-order chi connectivity index (χ0) is 15.2. The van der Waals surface area contributed by atoms with Crippen LogP contribution in [0.25, 0.3) is 0 Å². The molecular weight excluding hydrogens is 273 g/mol. The van der Waals surface area contributed by atoms with E-state index in [9.17, 15) is 14.0 Å². The molecule has 0 atom stereocenters. The third-order valence-corrected chi connectivity index (χ3v) is 5.27. The topological polar surface area (TPSA) is 52.7 Å². The lowest BCUT2D eigenvalue weighted by molar-refractivity contribution is -0.140. The number of carbonyl (C=O) groups excluding carboxylic acids is 2. The number of carbonyl (C=O) groups is 2. The number of urea groups is 1. The van der Waals surface area contributed by atoms with Gasteiger partial charge in [0.1, 0.15) is 6.17 Å². The molecule has 21 heavy (non-hydrogen) atoms. The smallest absolute Gasteiger partial charge is 0.317 e. The Bertz CT molecular complexity index is 442. The first-order valence-electron chi connectivity index (χ1n) is 7.79. The van der Waals surface area contributed by atoms with E-state index in [0.717, 1.165) is 32.4 Å². The number of hydrogen-bond acceptors (Lipinski definition) is 2. The zero-order valence-electron chi connectivity index (χ0n) is 12.8. The highest BCUT2D eigenvalue weighted by Crippen LogP contribution is 2.49. The molecule has 0 aromatic heterocycles. The van der Waals surface area contributed by atoms with Gasteiger partial charge in [0.15, 0.2) is 0 Å². The molecule has 3 rings (SSSR count). The van der Waals surface area contributed by atoms with Gasteiger partial charge in [0.05, 0.1) is 0 Å². The molecule has 0 unspecified atom stereocenters. The molecule has 2 aliphatic carbocycles. The SMILES string of the molecule is CN(C)C(=O)NC1CC2(CCN(C(=O)C3CC(F)C3)C2)C1. The van der Waals surface area contributed by atoms with Gasteiger partial charge in [-0.2, -0.15) is 0 Å². The molecule has 3 aliphatic rings. The van der Waals surface area contributed by atoms with E-state index in [2.05, 4.69) is 5.32 Å². The van der Waals surface area contributed by atoms with Crippen LogP contribution >= 0.6 is 0 Å². The molecular formula is C15H24FN3O2. The van der Waals surface area contributed by atoms with Crippen LogP contribution in [-0.4, -0.2) is 61.1 Å². The summed E-state index contributed by atoms with van der Waals surface area (Å²) in [7, 11) is 3.47. The summed E-state index contributed by atoms with van der Waals surface area (Å²) in [5.74, 6) is 0.0565. The summed E-state index contributed by atoms with van der Waals surface area (Å²) < 4.78 is 12.9. The molecule has 1 heterocycles. The summed E-state index contributed by atoms with van der Waals surface area (Å²) in [4.78, 5) is 27.3. The number of nitrogens with one attached hydrogen (secondary N) is 1. The summed E-state index contributed by atoms with van der Waals surface area (Å²) in [6.45, 7) is 1.58. The molecule has 3 amide bonds. The van der Waals surface area contributed by atoms with Crippen molar-refractivity contribution in [2.45, 2.75) is 44.3 Å².